The van der Waals surface area contributed by atoms with Gasteiger partial charge in [-0.05, 0) is 54.8 Å². The fourth-order valence-corrected chi connectivity index (χ4v) is 7.49. The van der Waals surface area contributed by atoms with Crippen molar-refractivity contribution >= 4 is 40.8 Å². The Labute approximate surface area is 307 Å². The lowest BCUT2D eigenvalue weighted by molar-refractivity contribution is -0.121. The molecule has 0 fully saturated rings. The lowest BCUT2D eigenvalue weighted by atomic mass is 9.70. The summed E-state index contributed by atoms with van der Waals surface area (Å²) in [6, 6.07) is 11.3. The van der Waals surface area contributed by atoms with E-state index < -0.39 is 35.0 Å². The van der Waals surface area contributed by atoms with E-state index in [1.807, 2.05) is 6.26 Å². The molecule has 2 aliphatic rings. The molecule has 0 radical (unpaired) electrons. The van der Waals surface area contributed by atoms with Crippen molar-refractivity contribution in [3.63, 3.8) is 0 Å². The predicted molar refractivity (Wildman–Crippen MR) is 190 cm³/mol. The maximum Gasteiger partial charge on any atom is 0.249 e. The number of carbonyl (C=O) groups is 3. The molecule has 2 aromatic carbocycles. The number of hydrogen-bond donors (Lipinski definition) is 1. The maximum atomic E-state index is 14.9. The normalized spacial score (nSPS) is 18.2. The van der Waals surface area contributed by atoms with Gasteiger partial charge in [0, 0.05) is 29.5 Å². The average Bonchev–Trinajstić information content (AvgIpc) is 3.97. The van der Waals surface area contributed by atoms with E-state index in [-0.39, 0.29) is 58.0 Å². The van der Waals surface area contributed by atoms with E-state index >= 15 is 0 Å². The van der Waals surface area contributed by atoms with Crippen LogP contribution in [-0.2, 0) is 17.6 Å². The molecule has 0 saturated heterocycles. The molecule has 1 spiro atoms. The van der Waals surface area contributed by atoms with E-state index in [4.69, 9.17) is 43.9 Å². The van der Waals surface area contributed by atoms with Crippen molar-refractivity contribution in [2.45, 2.75) is 37.8 Å². The second-order valence-corrected chi connectivity index (χ2v) is 13.7. The highest BCUT2D eigenvalue weighted by Crippen LogP contribution is 2.54. The molecule has 1 N–H and O–H groups in total. The van der Waals surface area contributed by atoms with Crippen LogP contribution in [0.25, 0.3) is 22.9 Å². The molecular weight excluding hydrogens is 714 g/mol. The Kier molecular flexibility index (Phi) is 9.53. The van der Waals surface area contributed by atoms with Gasteiger partial charge in [0.2, 0.25) is 34.8 Å². The number of Topliss-reactive ketones (excluding diaryl/α,β-unsaturated/α-hetero) is 2. The fraction of sp³-hybridized carbons (Fsp3) is 0.324. The summed E-state index contributed by atoms with van der Waals surface area (Å²) in [5.41, 5.74) is -0.969. The van der Waals surface area contributed by atoms with Crippen LogP contribution in [0.5, 0.6) is 23.0 Å². The van der Waals surface area contributed by atoms with Crippen LogP contribution in [0.4, 0.5) is 0 Å². The van der Waals surface area contributed by atoms with Gasteiger partial charge in [-0.2, -0.15) is 16.7 Å². The monoisotopic (exact) mass is 747 g/mol. The minimum atomic E-state index is -2.00. The lowest BCUT2D eigenvalue weighted by Crippen LogP contribution is -2.56. The second kappa shape index (κ2) is 14.1. The number of furan rings is 2. The number of rotatable bonds is 12. The Hall–Kier alpha value is -5.21. The molecule has 1 aliphatic carbocycles. The van der Waals surface area contributed by atoms with Crippen LogP contribution in [-0.4, -0.2) is 66.6 Å². The highest BCUT2D eigenvalue weighted by Gasteiger charge is 2.63. The Morgan fingerprint density at radius 1 is 1.08 bits per heavy atom. The van der Waals surface area contributed by atoms with Crippen molar-refractivity contribution in [3.05, 3.63) is 82.1 Å². The number of halogens is 1. The Morgan fingerprint density at radius 2 is 1.83 bits per heavy atom. The summed E-state index contributed by atoms with van der Waals surface area (Å²) in [6.07, 6.45) is 3.79. The summed E-state index contributed by atoms with van der Waals surface area (Å²) in [6.45, 7) is 1.74. The molecular formula is C37H34ClN3O10S. The molecule has 270 valence electrons. The zero-order valence-electron chi connectivity index (χ0n) is 28.9. The van der Waals surface area contributed by atoms with Crippen molar-refractivity contribution in [1.82, 2.24) is 15.5 Å². The second-order valence-electron chi connectivity index (χ2n) is 12.3. The van der Waals surface area contributed by atoms with Crippen LogP contribution in [0.3, 0.4) is 0 Å². The summed E-state index contributed by atoms with van der Waals surface area (Å²) in [4.78, 5) is 47.9. The van der Waals surface area contributed by atoms with Gasteiger partial charge in [0.1, 0.15) is 45.4 Å². The topological polar surface area (TPSA) is 165 Å². The van der Waals surface area contributed by atoms with Gasteiger partial charge in [0.15, 0.2) is 11.5 Å². The third kappa shape index (κ3) is 5.79. The first-order valence-electron chi connectivity index (χ1n) is 16.3. The first kappa shape index (κ1) is 35.2. The summed E-state index contributed by atoms with van der Waals surface area (Å²) in [5.74, 6) is 0.775. The van der Waals surface area contributed by atoms with Crippen LogP contribution in [0.15, 0.2) is 62.1 Å². The highest BCUT2D eigenvalue weighted by atomic mass is 35.5. The van der Waals surface area contributed by atoms with Gasteiger partial charge in [-0.15, -0.1) is 0 Å². The number of carbonyl (C=O) groups excluding carboxylic acids is 3. The molecule has 5 aromatic rings. The van der Waals surface area contributed by atoms with Gasteiger partial charge >= 0.3 is 0 Å². The maximum absolute atomic E-state index is 14.9. The van der Waals surface area contributed by atoms with Gasteiger partial charge in [0.05, 0.1) is 39.6 Å². The standard InChI is InChI=1S/C37H34ClN3O10S/c1-18-15-25-28(33(43)37(18)34(44)29-24(46-3)17-26(47-4)30(38)32(29)50-37)21(31(49-25)19-8-10-20(45-2)11-9-19)16-27(42)39-22(12-14-52-5)36-40-35(41-51-36)23-7-6-13-48-23/h6-11,13,17-18,22H,12,14-16H2,1-5H3,(H,39,42)/t18-,22?,37+/m1/s1. The quantitative estimate of drug-likeness (QED) is 0.132. The number of methoxy groups -OCH3 is 3. The molecule has 3 atom stereocenters. The van der Waals surface area contributed by atoms with Gasteiger partial charge in [-0.25, -0.2) is 0 Å². The van der Waals surface area contributed by atoms with Gasteiger partial charge in [0.25, 0.3) is 0 Å². The van der Waals surface area contributed by atoms with E-state index in [2.05, 4.69) is 15.5 Å². The SMILES string of the molecule is COc1ccc(-c2oc3c(c2CC(=O)NC(CCSC)c2nc(-c4ccco4)no2)C(=O)[C@@]2(Oc4c(Cl)c(OC)cc(OC)c4C2=O)[C@H](C)C3)cc1. The van der Waals surface area contributed by atoms with E-state index in [1.165, 1.54) is 26.5 Å². The fourth-order valence-electron chi connectivity index (χ4n) is 6.76. The predicted octanol–water partition coefficient (Wildman–Crippen LogP) is 6.81. The molecule has 15 heteroatoms. The number of ketones is 2. The largest absolute Gasteiger partial charge is 0.497 e. The van der Waals surface area contributed by atoms with E-state index in [9.17, 15) is 14.4 Å². The summed E-state index contributed by atoms with van der Waals surface area (Å²) >= 11 is 8.24. The van der Waals surface area contributed by atoms with E-state index in [0.29, 0.717) is 46.3 Å². The van der Waals surface area contributed by atoms with Gasteiger partial charge in [-0.1, -0.05) is 23.7 Å². The average molecular weight is 748 g/mol. The molecule has 4 heterocycles. The summed E-state index contributed by atoms with van der Waals surface area (Å²) in [7, 11) is 4.38. The molecule has 1 aliphatic heterocycles. The summed E-state index contributed by atoms with van der Waals surface area (Å²) in [5, 5.41) is 7.08. The summed E-state index contributed by atoms with van der Waals surface area (Å²) < 4.78 is 40.0. The first-order valence-corrected chi connectivity index (χ1v) is 18.1. The number of benzene rings is 2. The van der Waals surface area contributed by atoms with E-state index in [1.54, 1.807) is 62.2 Å². The van der Waals surface area contributed by atoms with Crippen LogP contribution < -0.4 is 24.3 Å². The van der Waals surface area contributed by atoms with Crippen LogP contribution in [0, 0.1) is 5.92 Å². The molecule has 1 unspecified atom stereocenters. The first-order chi connectivity index (χ1) is 25.1. The Bertz CT molecular complexity index is 2160. The lowest BCUT2D eigenvalue weighted by Gasteiger charge is -2.35. The third-order valence-electron chi connectivity index (χ3n) is 9.37. The van der Waals surface area contributed by atoms with Crippen molar-refractivity contribution in [2.75, 3.05) is 33.3 Å². The van der Waals surface area contributed by atoms with Crippen molar-refractivity contribution in [1.29, 1.82) is 0 Å². The van der Waals surface area contributed by atoms with Crippen LogP contribution >= 0.6 is 23.4 Å². The number of ether oxygens (including phenoxy) is 4. The minimum Gasteiger partial charge on any atom is -0.497 e. The molecule has 3 aromatic heterocycles. The van der Waals surface area contributed by atoms with Crippen molar-refractivity contribution < 1.29 is 46.7 Å². The zero-order chi connectivity index (χ0) is 36.7. The number of hydrogen-bond acceptors (Lipinski definition) is 13. The Balaban J connectivity index is 1.28. The number of aromatic nitrogens is 2. The van der Waals surface area contributed by atoms with Gasteiger partial charge < -0.3 is 37.6 Å². The van der Waals surface area contributed by atoms with Crippen LogP contribution in [0.2, 0.25) is 5.02 Å². The number of thioether (sulfide) groups is 1. The number of amides is 1. The smallest absolute Gasteiger partial charge is 0.249 e. The number of fused-ring (bicyclic) bond motifs is 2. The minimum absolute atomic E-state index is 0.00482. The van der Waals surface area contributed by atoms with Crippen LogP contribution in [0.1, 0.15) is 57.3 Å². The Morgan fingerprint density at radius 3 is 2.50 bits per heavy atom. The number of nitrogens with zero attached hydrogens (tertiary/aromatic N) is 2. The third-order valence-corrected chi connectivity index (χ3v) is 10.4. The molecule has 13 nitrogen and oxygen atoms in total. The number of nitrogens with one attached hydrogen (secondary N) is 1. The molecule has 7 rings (SSSR count). The molecule has 0 bridgehead atoms. The molecule has 1 amide bonds. The van der Waals surface area contributed by atoms with Crippen molar-refractivity contribution in [2.24, 2.45) is 5.92 Å². The molecule has 52 heavy (non-hydrogen) atoms. The zero-order valence-corrected chi connectivity index (χ0v) is 30.4. The molecule has 0 saturated carbocycles. The van der Waals surface area contributed by atoms with Gasteiger partial charge in [-0.3, -0.25) is 14.4 Å². The highest BCUT2D eigenvalue weighted by molar-refractivity contribution is 7.98. The van der Waals surface area contributed by atoms with Crippen molar-refractivity contribution in [3.8, 4) is 45.9 Å². The van der Waals surface area contributed by atoms with E-state index in [0.717, 1.165) is 0 Å².